The van der Waals surface area contributed by atoms with Crippen molar-refractivity contribution in [2.24, 2.45) is 21.1 Å². The number of halogens is 1. The maximum atomic E-state index is 12.3. The van der Waals surface area contributed by atoms with Crippen molar-refractivity contribution < 1.29 is 0 Å². The zero-order valence-corrected chi connectivity index (χ0v) is 13.7. The van der Waals surface area contributed by atoms with Gasteiger partial charge >= 0.3 is 5.69 Å². The first-order valence-corrected chi connectivity index (χ1v) is 7.34. The maximum Gasteiger partial charge on any atom is 0.332 e. The van der Waals surface area contributed by atoms with Crippen molar-refractivity contribution in [3.63, 3.8) is 0 Å². The van der Waals surface area contributed by atoms with E-state index in [0.717, 1.165) is 10.1 Å². The van der Waals surface area contributed by atoms with E-state index in [2.05, 4.69) is 4.98 Å². The molecule has 0 bridgehead atoms. The summed E-state index contributed by atoms with van der Waals surface area (Å²) in [5, 5.41) is 0.630. The molecule has 3 aromatic rings. The van der Waals surface area contributed by atoms with Gasteiger partial charge in [0.15, 0.2) is 11.2 Å². The molecule has 3 rings (SSSR count). The lowest BCUT2D eigenvalue weighted by Crippen LogP contribution is -2.37. The van der Waals surface area contributed by atoms with E-state index in [1.165, 1.54) is 11.6 Å². The second kappa shape index (κ2) is 5.55. The molecule has 7 heteroatoms. The second-order valence-electron chi connectivity index (χ2n) is 5.26. The van der Waals surface area contributed by atoms with Gasteiger partial charge in [0.1, 0.15) is 5.82 Å². The summed E-state index contributed by atoms with van der Waals surface area (Å²) in [6, 6.07) is 7.43. The van der Waals surface area contributed by atoms with E-state index in [0.29, 0.717) is 22.0 Å². The van der Waals surface area contributed by atoms with Gasteiger partial charge in [0.05, 0.1) is 0 Å². The summed E-state index contributed by atoms with van der Waals surface area (Å²) in [5.74, 6) is 0.568. The summed E-state index contributed by atoms with van der Waals surface area (Å²) in [4.78, 5) is 28.7. The average Bonchev–Trinajstić information content (AvgIpc) is 2.87. The molecular weight excluding hydrogens is 316 g/mol. The lowest BCUT2D eigenvalue weighted by molar-refractivity contribution is 0.705. The van der Waals surface area contributed by atoms with Crippen LogP contribution in [0.4, 0.5) is 0 Å². The van der Waals surface area contributed by atoms with E-state index >= 15 is 0 Å². The van der Waals surface area contributed by atoms with Gasteiger partial charge in [0.25, 0.3) is 5.56 Å². The molecule has 0 aliphatic rings. The number of aromatic nitrogens is 4. The van der Waals surface area contributed by atoms with Crippen LogP contribution in [-0.2, 0) is 21.1 Å². The molecule has 2 aromatic heterocycles. The Balaban J connectivity index is 2.21. The third kappa shape index (κ3) is 2.41. The molecule has 0 N–H and O–H groups in total. The smallest absolute Gasteiger partial charge is 0.322 e. The molecule has 2 heterocycles. The van der Waals surface area contributed by atoms with Crippen LogP contribution < -0.4 is 11.2 Å². The van der Waals surface area contributed by atoms with Gasteiger partial charge in [-0.05, 0) is 23.8 Å². The Bertz CT molecular complexity index is 1060. The monoisotopic (exact) mass is 330 g/mol. The number of aryl methyl sites for hydroxylation is 2. The Morgan fingerprint density at radius 1 is 1.00 bits per heavy atom. The van der Waals surface area contributed by atoms with Gasteiger partial charge in [0, 0.05) is 26.2 Å². The highest BCUT2D eigenvalue weighted by atomic mass is 35.5. The maximum absolute atomic E-state index is 12.3. The third-order valence-corrected chi connectivity index (χ3v) is 4.17. The van der Waals surface area contributed by atoms with Crippen LogP contribution in [0.25, 0.3) is 23.3 Å². The van der Waals surface area contributed by atoms with Crippen LogP contribution in [0.1, 0.15) is 11.4 Å². The second-order valence-corrected chi connectivity index (χ2v) is 5.67. The molecular formula is C16H15ClN4O2. The lowest BCUT2D eigenvalue weighted by Gasteiger charge is -2.03. The predicted molar refractivity (Wildman–Crippen MR) is 91.6 cm³/mol. The number of imidazole rings is 1. The van der Waals surface area contributed by atoms with Crippen molar-refractivity contribution >= 4 is 34.9 Å². The molecule has 0 aliphatic heterocycles. The molecule has 1 aromatic carbocycles. The van der Waals surface area contributed by atoms with E-state index < -0.39 is 5.69 Å². The average molecular weight is 331 g/mol. The quantitative estimate of drug-likeness (QED) is 0.719. The highest BCUT2D eigenvalue weighted by molar-refractivity contribution is 6.32. The Kier molecular flexibility index (Phi) is 3.69. The van der Waals surface area contributed by atoms with Crippen molar-refractivity contribution in [3.8, 4) is 0 Å². The molecule has 0 saturated heterocycles. The SMILES string of the molecule is Cn1c(=O)c2c(nc(/C=C/c3ccccc3Cl)n2C)n(C)c1=O. The Morgan fingerprint density at radius 2 is 1.70 bits per heavy atom. The number of hydrogen-bond acceptors (Lipinski definition) is 3. The number of nitrogens with zero attached hydrogens (tertiary/aromatic N) is 4. The molecule has 0 atom stereocenters. The van der Waals surface area contributed by atoms with Crippen LogP contribution in [0, 0.1) is 0 Å². The third-order valence-electron chi connectivity index (χ3n) is 3.83. The molecule has 118 valence electrons. The first-order valence-electron chi connectivity index (χ1n) is 6.97. The number of hydrogen-bond donors (Lipinski definition) is 0. The lowest BCUT2D eigenvalue weighted by atomic mass is 10.2. The van der Waals surface area contributed by atoms with Crippen LogP contribution in [0.15, 0.2) is 33.9 Å². The largest absolute Gasteiger partial charge is 0.332 e. The Hall–Kier alpha value is -2.60. The van der Waals surface area contributed by atoms with Crippen LogP contribution in [0.2, 0.25) is 5.02 Å². The summed E-state index contributed by atoms with van der Waals surface area (Å²) < 4.78 is 4.11. The van der Waals surface area contributed by atoms with Crippen LogP contribution in [0.3, 0.4) is 0 Å². The summed E-state index contributed by atoms with van der Waals surface area (Å²) >= 11 is 6.12. The Labute approximate surface area is 136 Å². The van der Waals surface area contributed by atoms with Gasteiger partial charge in [0.2, 0.25) is 0 Å². The van der Waals surface area contributed by atoms with E-state index in [1.54, 1.807) is 30.8 Å². The zero-order chi connectivity index (χ0) is 16.7. The summed E-state index contributed by atoms with van der Waals surface area (Å²) in [6.45, 7) is 0. The fourth-order valence-electron chi connectivity index (χ4n) is 2.46. The predicted octanol–water partition coefficient (Wildman–Crippen LogP) is 1.79. The molecule has 0 amide bonds. The molecule has 0 saturated carbocycles. The topological polar surface area (TPSA) is 61.8 Å². The van der Waals surface area contributed by atoms with Crippen LogP contribution in [-0.4, -0.2) is 18.7 Å². The Morgan fingerprint density at radius 3 is 2.39 bits per heavy atom. The summed E-state index contributed by atoms with van der Waals surface area (Å²) in [5.41, 5.74) is 0.827. The van der Waals surface area contributed by atoms with Crippen molar-refractivity contribution in [3.05, 3.63) is 61.5 Å². The molecule has 6 nitrogen and oxygen atoms in total. The molecule has 0 fully saturated rings. The number of fused-ring (bicyclic) bond motifs is 1. The highest BCUT2D eigenvalue weighted by Crippen LogP contribution is 2.18. The minimum atomic E-state index is -0.401. The van der Waals surface area contributed by atoms with Crippen molar-refractivity contribution in [2.75, 3.05) is 0 Å². The molecule has 0 radical (unpaired) electrons. The minimum Gasteiger partial charge on any atom is -0.322 e. The van der Waals surface area contributed by atoms with Gasteiger partial charge < -0.3 is 4.57 Å². The standard InChI is InChI=1S/C16H15ClN4O2/c1-19-12(9-8-10-6-4-5-7-11(10)17)18-14-13(19)15(22)21(3)16(23)20(14)2/h4-9H,1-3H3/b9-8+. The van der Waals surface area contributed by atoms with E-state index in [-0.39, 0.29) is 5.56 Å². The van der Waals surface area contributed by atoms with Gasteiger partial charge in [-0.3, -0.25) is 13.9 Å². The van der Waals surface area contributed by atoms with E-state index in [1.807, 2.05) is 24.3 Å². The summed E-state index contributed by atoms with van der Waals surface area (Å²) in [6.07, 6.45) is 3.59. The number of rotatable bonds is 2. The molecule has 23 heavy (non-hydrogen) atoms. The van der Waals surface area contributed by atoms with Crippen LogP contribution in [0.5, 0.6) is 0 Å². The van der Waals surface area contributed by atoms with Crippen molar-refractivity contribution in [2.45, 2.75) is 0 Å². The van der Waals surface area contributed by atoms with E-state index in [9.17, 15) is 9.59 Å². The molecule has 0 spiro atoms. The van der Waals surface area contributed by atoms with Crippen molar-refractivity contribution in [1.29, 1.82) is 0 Å². The van der Waals surface area contributed by atoms with Gasteiger partial charge in [-0.1, -0.05) is 29.8 Å². The number of benzene rings is 1. The summed E-state index contributed by atoms with van der Waals surface area (Å²) in [7, 11) is 4.79. The van der Waals surface area contributed by atoms with Crippen molar-refractivity contribution in [1.82, 2.24) is 18.7 Å². The molecule has 0 unspecified atom stereocenters. The van der Waals surface area contributed by atoms with E-state index in [4.69, 9.17) is 11.6 Å². The fourth-order valence-corrected chi connectivity index (χ4v) is 2.66. The zero-order valence-electron chi connectivity index (χ0n) is 12.9. The first-order chi connectivity index (χ1) is 10.9. The highest BCUT2D eigenvalue weighted by Gasteiger charge is 2.15. The van der Waals surface area contributed by atoms with Crippen LogP contribution >= 0.6 is 11.6 Å². The first kappa shape index (κ1) is 15.3. The fraction of sp³-hybridized carbons (Fsp3) is 0.188. The van der Waals surface area contributed by atoms with Gasteiger partial charge in [-0.15, -0.1) is 0 Å². The molecule has 0 aliphatic carbocycles. The minimum absolute atomic E-state index is 0.361. The van der Waals surface area contributed by atoms with Gasteiger partial charge in [-0.2, -0.15) is 0 Å². The normalized spacial score (nSPS) is 11.7. The van der Waals surface area contributed by atoms with Gasteiger partial charge in [-0.25, -0.2) is 9.78 Å².